The summed E-state index contributed by atoms with van der Waals surface area (Å²) in [4.78, 5) is 19.6. The van der Waals surface area contributed by atoms with Gasteiger partial charge in [-0.3, -0.25) is 9.48 Å². The van der Waals surface area contributed by atoms with E-state index in [2.05, 4.69) is 26.8 Å². The van der Waals surface area contributed by atoms with E-state index in [0.717, 1.165) is 47.7 Å². The Morgan fingerprint density at radius 2 is 2.07 bits per heavy atom. The van der Waals surface area contributed by atoms with Gasteiger partial charge in [-0.15, -0.1) is 0 Å². The van der Waals surface area contributed by atoms with Crippen LogP contribution in [0.5, 0.6) is 0 Å². The fraction of sp³-hybridized carbons (Fsp3) is 0.381. The number of aryl methyl sites for hydroxylation is 2. The Kier molecular flexibility index (Phi) is 4.56. The van der Waals surface area contributed by atoms with E-state index >= 15 is 0 Å². The lowest BCUT2D eigenvalue weighted by atomic mass is 9.97. The first-order valence-corrected chi connectivity index (χ1v) is 9.39. The summed E-state index contributed by atoms with van der Waals surface area (Å²) in [7, 11) is 3.77. The topological polar surface area (TPSA) is 56.0 Å². The van der Waals surface area contributed by atoms with E-state index in [1.807, 2.05) is 51.6 Å². The van der Waals surface area contributed by atoms with Crippen molar-refractivity contribution < 1.29 is 4.79 Å². The van der Waals surface area contributed by atoms with Crippen LogP contribution in [-0.2, 0) is 24.9 Å². The Labute approximate surface area is 159 Å². The standard InChI is InChI=1S/C21H25N5O/c1-15-17(14-25(3)23-15)13-24(2)21(27)18-10-7-11-26-19(12-22-20(18)26)16-8-5-4-6-9-16/h4-6,8-9,12,14,18H,7,10-11,13H2,1-3H3. The molecule has 3 aromatic rings. The number of amides is 1. The highest BCUT2D eigenvalue weighted by Gasteiger charge is 2.32. The number of nitrogens with zero attached hydrogens (tertiary/aromatic N) is 5. The van der Waals surface area contributed by atoms with Crippen molar-refractivity contribution >= 4 is 5.91 Å². The molecule has 1 atom stereocenters. The molecule has 1 aromatic carbocycles. The summed E-state index contributed by atoms with van der Waals surface area (Å²) >= 11 is 0. The molecule has 0 N–H and O–H groups in total. The Balaban J connectivity index is 1.58. The van der Waals surface area contributed by atoms with Crippen molar-refractivity contribution in [2.24, 2.45) is 7.05 Å². The minimum absolute atomic E-state index is 0.129. The van der Waals surface area contributed by atoms with Crippen LogP contribution in [0.2, 0.25) is 0 Å². The van der Waals surface area contributed by atoms with Gasteiger partial charge in [-0.1, -0.05) is 30.3 Å². The molecule has 0 saturated heterocycles. The van der Waals surface area contributed by atoms with E-state index in [4.69, 9.17) is 0 Å². The number of benzene rings is 1. The highest BCUT2D eigenvalue weighted by molar-refractivity contribution is 5.83. The van der Waals surface area contributed by atoms with Crippen molar-refractivity contribution in [2.45, 2.75) is 38.8 Å². The van der Waals surface area contributed by atoms with Gasteiger partial charge in [0, 0.05) is 38.9 Å². The first-order valence-electron chi connectivity index (χ1n) is 9.39. The van der Waals surface area contributed by atoms with Crippen LogP contribution in [0, 0.1) is 6.92 Å². The predicted molar refractivity (Wildman–Crippen MR) is 104 cm³/mol. The first-order chi connectivity index (χ1) is 13.0. The van der Waals surface area contributed by atoms with Crippen molar-refractivity contribution in [1.82, 2.24) is 24.2 Å². The Morgan fingerprint density at radius 1 is 1.30 bits per heavy atom. The van der Waals surface area contributed by atoms with Gasteiger partial charge in [0.1, 0.15) is 5.82 Å². The maximum Gasteiger partial charge on any atom is 0.233 e. The molecule has 3 heterocycles. The quantitative estimate of drug-likeness (QED) is 0.716. The Bertz CT molecular complexity index is 956. The van der Waals surface area contributed by atoms with Gasteiger partial charge >= 0.3 is 0 Å². The zero-order valence-corrected chi connectivity index (χ0v) is 16.1. The molecule has 0 fully saturated rings. The lowest BCUT2D eigenvalue weighted by Crippen LogP contribution is -2.34. The van der Waals surface area contributed by atoms with E-state index in [1.54, 1.807) is 9.58 Å². The van der Waals surface area contributed by atoms with Gasteiger partial charge < -0.3 is 9.47 Å². The fourth-order valence-electron chi connectivity index (χ4n) is 3.96. The molecule has 1 aliphatic heterocycles. The normalized spacial score (nSPS) is 16.2. The van der Waals surface area contributed by atoms with E-state index in [0.29, 0.717) is 6.54 Å². The molecule has 4 rings (SSSR count). The van der Waals surface area contributed by atoms with Crippen LogP contribution >= 0.6 is 0 Å². The number of rotatable bonds is 4. The van der Waals surface area contributed by atoms with Crippen LogP contribution < -0.4 is 0 Å². The number of hydrogen-bond acceptors (Lipinski definition) is 3. The van der Waals surface area contributed by atoms with Gasteiger partial charge in [0.25, 0.3) is 0 Å². The molecule has 0 spiro atoms. The van der Waals surface area contributed by atoms with Crippen LogP contribution in [0.15, 0.2) is 42.7 Å². The maximum absolute atomic E-state index is 13.2. The fourth-order valence-corrected chi connectivity index (χ4v) is 3.96. The first kappa shape index (κ1) is 17.5. The third-order valence-corrected chi connectivity index (χ3v) is 5.34. The minimum atomic E-state index is -0.182. The molecule has 0 saturated carbocycles. The van der Waals surface area contributed by atoms with Crippen molar-refractivity contribution in [2.75, 3.05) is 7.05 Å². The average Bonchev–Trinajstić information content (AvgIpc) is 3.24. The molecule has 0 bridgehead atoms. The van der Waals surface area contributed by atoms with Crippen LogP contribution in [0.4, 0.5) is 0 Å². The molecule has 0 aliphatic carbocycles. The number of carbonyl (C=O) groups is 1. The highest BCUT2D eigenvalue weighted by Crippen LogP contribution is 2.32. The van der Waals surface area contributed by atoms with Gasteiger partial charge in [-0.05, 0) is 25.3 Å². The van der Waals surface area contributed by atoms with Gasteiger partial charge in [-0.25, -0.2) is 4.98 Å². The maximum atomic E-state index is 13.2. The van der Waals surface area contributed by atoms with Gasteiger partial charge in [-0.2, -0.15) is 5.10 Å². The molecule has 6 heteroatoms. The van der Waals surface area contributed by atoms with Crippen molar-refractivity contribution in [3.05, 3.63) is 59.8 Å². The van der Waals surface area contributed by atoms with E-state index < -0.39 is 0 Å². The predicted octanol–water partition coefficient (Wildman–Crippen LogP) is 3.13. The minimum Gasteiger partial charge on any atom is -0.341 e. The van der Waals surface area contributed by atoms with E-state index in [1.165, 1.54) is 0 Å². The SMILES string of the molecule is Cc1nn(C)cc1CN(C)C(=O)C1CCCn2c(-c3ccccc3)cnc21. The molecule has 0 radical (unpaired) electrons. The van der Waals surface area contributed by atoms with E-state index in [-0.39, 0.29) is 11.8 Å². The molecule has 1 unspecified atom stereocenters. The zero-order chi connectivity index (χ0) is 19.0. The summed E-state index contributed by atoms with van der Waals surface area (Å²) in [6, 6.07) is 10.3. The Morgan fingerprint density at radius 3 is 2.78 bits per heavy atom. The molecule has 1 amide bonds. The lowest BCUT2D eigenvalue weighted by molar-refractivity contribution is -0.132. The molecule has 2 aromatic heterocycles. The summed E-state index contributed by atoms with van der Waals surface area (Å²) < 4.78 is 4.01. The molecule has 6 nitrogen and oxygen atoms in total. The second kappa shape index (κ2) is 7.02. The van der Waals surface area contributed by atoms with Crippen molar-refractivity contribution in [3.8, 4) is 11.3 Å². The lowest BCUT2D eigenvalue weighted by Gasteiger charge is -2.28. The zero-order valence-electron chi connectivity index (χ0n) is 16.1. The third kappa shape index (κ3) is 3.27. The van der Waals surface area contributed by atoms with Crippen LogP contribution in [0.25, 0.3) is 11.3 Å². The number of carbonyl (C=O) groups excluding carboxylic acids is 1. The second-order valence-corrected chi connectivity index (χ2v) is 7.32. The molecular weight excluding hydrogens is 338 g/mol. The van der Waals surface area contributed by atoms with Crippen LogP contribution in [-0.4, -0.2) is 37.2 Å². The summed E-state index contributed by atoms with van der Waals surface area (Å²) in [5.41, 5.74) is 4.28. The van der Waals surface area contributed by atoms with Crippen LogP contribution in [0.1, 0.15) is 35.8 Å². The smallest absolute Gasteiger partial charge is 0.233 e. The van der Waals surface area contributed by atoms with E-state index in [9.17, 15) is 4.79 Å². The number of imidazole rings is 1. The highest BCUT2D eigenvalue weighted by atomic mass is 16.2. The summed E-state index contributed by atoms with van der Waals surface area (Å²) in [6.45, 7) is 3.46. The molecular formula is C21H25N5O. The Hall–Kier alpha value is -2.89. The molecule has 1 aliphatic rings. The molecule has 140 valence electrons. The van der Waals surface area contributed by atoms with Gasteiger partial charge in [0.15, 0.2) is 0 Å². The summed E-state index contributed by atoms with van der Waals surface area (Å²) in [5.74, 6) is 0.836. The number of likely N-dealkylation sites (N-methyl/N-ethyl adjacent to an activating group) is 1. The number of hydrogen-bond donors (Lipinski definition) is 0. The van der Waals surface area contributed by atoms with Crippen LogP contribution in [0.3, 0.4) is 0 Å². The van der Waals surface area contributed by atoms with Gasteiger partial charge in [0.2, 0.25) is 5.91 Å². The van der Waals surface area contributed by atoms with Gasteiger partial charge in [0.05, 0.1) is 23.5 Å². The number of fused-ring (bicyclic) bond motifs is 1. The monoisotopic (exact) mass is 363 g/mol. The molecule has 27 heavy (non-hydrogen) atoms. The van der Waals surface area contributed by atoms with Crippen molar-refractivity contribution in [3.63, 3.8) is 0 Å². The summed E-state index contributed by atoms with van der Waals surface area (Å²) in [5, 5.41) is 4.37. The number of aromatic nitrogens is 4. The van der Waals surface area contributed by atoms with Crippen molar-refractivity contribution in [1.29, 1.82) is 0 Å². The summed E-state index contributed by atoms with van der Waals surface area (Å²) in [6.07, 6.45) is 5.72. The average molecular weight is 363 g/mol. The second-order valence-electron chi connectivity index (χ2n) is 7.32. The largest absolute Gasteiger partial charge is 0.341 e. The third-order valence-electron chi connectivity index (χ3n) is 5.34.